The first kappa shape index (κ1) is 6.84. The summed E-state index contributed by atoms with van der Waals surface area (Å²) in [6, 6.07) is 0. The van der Waals surface area contributed by atoms with Crippen LogP contribution in [0.25, 0.3) is 0 Å². The van der Waals surface area contributed by atoms with E-state index in [9.17, 15) is 0 Å². The molecule has 7 heavy (non-hydrogen) atoms. The molecule has 2 heteroatoms. The van der Waals surface area contributed by atoms with Crippen LogP contribution in [0.3, 0.4) is 0 Å². The predicted octanol–water partition coefficient (Wildman–Crippen LogP) is 1.47. The molecule has 0 heterocycles. The van der Waals surface area contributed by atoms with Crippen LogP contribution in [0.5, 0.6) is 0 Å². The summed E-state index contributed by atoms with van der Waals surface area (Å²) in [5.74, 6) is 0. The average molecular weight is 115 g/mol. The van der Waals surface area contributed by atoms with Gasteiger partial charge in [-0.15, -0.1) is 9.24 Å². The fourth-order valence-electron chi connectivity index (χ4n) is 0.224. The van der Waals surface area contributed by atoms with Crippen LogP contribution in [-0.2, 0) is 0 Å². The molecule has 0 fully saturated rings. The smallest absolute Gasteiger partial charge is 0.0277 e. The van der Waals surface area contributed by atoms with Crippen molar-refractivity contribution in [3.05, 3.63) is 11.4 Å². The van der Waals surface area contributed by atoms with E-state index in [1.165, 1.54) is 0 Å². The Labute approximate surface area is 46.7 Å². The molecule has 0 aromatic carbocycles. The molecule has 0 spiro atoms. The molecule has 0 radical (unpaired) electrons. The fourth-order valence-corrected chi connectivity index (χ4v) is 0.373. The number of rotatable bonds is 1. The van der Waals surface area contributed by atoms with Crippen LogP contribution in [-0.4, -0.2) is 13.3 Å². The van der Waals surface area contributed by atoms with Gasteiger partial charge in [0.25, 0.3) is 0 Å². The first-order chi connectivity index (χ1) is 3.31. The highest BCUT2D eigenvalue weighted by atomic mass is 31.0. The highest BCUT2D eigenvalue weighted by Crippen LogP contribution is 1.98. The Morgan fingerprint density at radius 2 is 2.29 bits per heavy atom. The summed E-state index contributed by atoms with van der Waals surface area (Å²) in [6.45, 7) is 1.98. The van der Waals surface area contributed by atoms with E-state index < -0.39 is 0 Å². The third-order valence-electron chi connectivity index (χ3n) is 0.612. The van der Waals surface area contributed by atoms with E-state index in [2.05, 4.69) is 14.2 Å². The summed E-state index contributed by atoms with van der Waals surface area (Å²) in [5, 5.41) is 1.13. The van der Waals surface area contributed by atoms with Crippen molar-refractivity contribution in [3.8, 4) is 0 Å². The normalized spacial score (nSPS) is 13.3. The maximum absolute atomic E-state index is 3.79. The Morgan fingerprint density at radius 1 is 1.71 bits per heavy atom. The second kappa shape index (κ2) is 4.01. The van der Waals surface area contributed by atoms with Crippen molar-refractivity contribution in [1.82, 2.24) is 0 Å². The number of aliphatic imine (C=N–C) groups is 1. The standard InChI is InChI=1S/C5H10NP/c1-3-5(7)4-6-2/h3-4H,7H2,1-2H3/b5-3+,6-4?. The molecule has 0 aliphatic carbocycles. The van der Waals surface area contributed by atoms with Gasteiger partial charge in [-0.3, -0.25) is 4.99 Å². The van der Waals surface area contributed by atoms with E-state index in [4.69, 9.17) is 0 Å². The van der Waals surface area contributed by atoms with E-state index in [1.54, 1.807) is 13.3 Å². The maximum Gasteiger partial charge on any atom is 0.0277 e. The first-order valence-corrected chi connectivity index (χ1v) is 2.73. The van der Waals surface area contributed by atoms with Crippen molar-refractivity contribution in [3.63, 3.8) is 0 Å². The molecule has 1 atom stereocenters. The van der Waals surface area contributed by atoms with Crippen LogP contribution >= 0.6 is 9.24 Å². The highest BCUT2D eigenvalue weighted by molar-refractivity contribution is 7.24. The first-order valence-electron chi connectivity index (χ1n) is 2.15. The van der Waals surface area contributed by atoms with Crippen LogP contribution in [0.4, 0.5) is 0 Å². The van der Waals surface area contributed by atoms with Crippen molar-refractivity contribution in [2.75, 3.05) is 7.05 Å². The van der Waals surface area contributed by atoms with Gasteiger partial charge in [0.15, 0.2) is 0 Å². The van der Waals surface area contributed by atoms with Gasteiger partial charge in [-0.1, -0.05) is 6.08 Å². The number of nitrogens with zero attached hydrogens (tertiary/aromatic N) is 1. The highest BCUT2D eigenvalue weighted by Gasteiger charge is 1.71. The topological polar surface area (TPSA) is 12.4 Å². The minimum atomic E-state index is 1.13. The molecule has 0 amide bonds. The van der Waals surface area contributed by atoms with E-state index in [0.717, 1.165) is 5.31 Å². The Kier molecular flexibility index (Phi) is 3.92. The van der Waals surface area contributed by atoms with E-state index in [1.807, 2.05) is 13.0 Å². The second-order valence-corrected chi connectivity index (χ2v) is 1.84. The Morgan fingerprint density at radius 3 is 2.43 bits per heavy atom. The molecular formula is C5H10NP. The van der Waals surface area contributed by atoms with Gasteiger partial charge in [0, 0.05) is 13.3 Å². The zero-order chi connectivity index (χ0) is 5.70. The van der Waals surface area contributed by atoms with Crippen LogP contribution < -0.4 is 0 Å². The monoisotopic (exact) mass is 115 g/mol. The summed E-state index contributed by atoms with van der Waals surface area (Å²) >= 11 is 0. The lowest BCUT2D eigenvalue weighted by Crippen LogP contribution is -1.67. The van der Waals surface area contributed by atoms with Crippen LogP contribution in [0.2, 0.25) is 0 Å². The largest absolute Gasteiger partial charge is 0.296 e. The summed E-state index contributed by atoms with van der Waals surface area (Å²) in [5.41, 5.74) is 0. The van der Waals surface area contributed by atoms with E-state index in [0.29, 0.717) is 0 Å². The number of allylic oxidation sites excluding steroid dienone is 2. The molecular weight excluding hydrogens is 105 g/mol. The van der Waals surface area contributed by atoms with Gasteiger partial charge in [0.05, 0.1) is 0 Å². The molecule has 0 aliphatic rings. The minimum Gasteiger partial charge on any atom is -0.296 e. The van der Waals surface area contributed by atoms with Gasteiger partial charge < -0.3 is 0 Å². The van der Waals surface area contributed by atoms with Gasteiger partial charge in [-0.05, 0) is 12.2 Å². The van der Waals surface area contributed by atoms with Gasteiger partial charge in [-0.25, -0.2) is 0 Å². The van der Waals surface area contributed by atoms with E-state index >= 15 is 0 Å². The molecule has 0 aliphatic heterocycles. The average Bonchev–Trinajstić information content (AvgIpc) is 1.68. The summed E-state index contributed by atoms with van der Waals surface area (Å²) in [7, 11) is 4.32. The molecule has 1 unspecified atom stereocenters. The predicted molar refractivity (Wildman–Crippen MR) is 37.9 cm³/mol. The third kappa shape index (κ3) is 3.68. The molecule has 0 aromatic rings. The zero-order valence-electron chi connectivity index (χ0n) is 4.68. The minimum absolute atomic E-state index is 1.13. The van der Waals surface area contributed by atoms with Crippen LogP contribution in [0.1, 0.15) is 6.92 Å². The summed E-state index contributed by atoms with van der Waals surface area (Å²) in [6.07, 6.45) is 3.78. The van der Waals surface area contributed by atoms with Gasteiger partial charge in [-0.2, -0.15) is 0 Å². The van der Waals surface area contributed by atoms with Crippen LogP contribution in [0, 0.1) is 0 Å². The number of hydrogen-bond donors (Lipinski definition) is 0. The molecule has 40 valence electrons. The quantitative estimate of drug-likeness (QED) is 0.362. The van der Waals surface area contributed by atoms with Crippen molar-refractivity contribution >= 4 is 15.5 Å². The Bertz CT molecular complexity index is 94.3. The SMILES string of the molecule is C/C=C(/P)C=NC. The van der Waals surface area contributed by atoms with Gasteiger partial charge in [0.2, 0.25) is 0 Å². The summed E-state index contributed by atoms with van der Waals surface area (Å²) < 4.78 is 0. The van der Waals surface area contributed by atoms with Crippen LogP contribution in [0.15, 0.2) is 16.4 Å². The lowest BCUT2D eigenvalue weighted by atomic mass is 10.5. The van der Waals surface area contributed by atoms with Crippen molar-refractivity contribution < 1.29 is 0 Å². The van der Waals surface area contributed by atoms with Crippen molar-refractivity contribution in [1.29, 1.82) is 0 Å². The molecule has 0 bridgehead atoms. The lowest BCUT2D eigenvalue weighted by Gasteiger charge is -1.80. The number of hydrogen-bond acceptors (Lipinski definition) is 1. The van der Waals surface area contributed by atoms with Crippen molar-refractivity contribution in [2.45, 2.75) is 6.92 Å². The molecule has 0 rings (SSSR count). The summed E-state index contributed by atoms with van der Waals surface area (Å²) in [4.78, 5) is 3.79. The fraction of sp³-hybridized carbons (Fsp3) is 0.400. The molecule has 0 saturated heterocycles. The molecule has 1 nitrogen and oxygen atoms in total. The van der Waals surface area contributed by atoms with Gasteiger partial charge in [0.1, 0.15) is 0 Å². The molecule has 0 N–H and O–H groups in total. The Hall–Kier alpha value is -0.160. The molecule has 0 saturated carbocycles. The zero-order valence-corrected chi connectivity index (χ0v) is 5.83. The lowest BCUT2D eigenvalue weighted by molar-refractivity contribution is 1.47. The van der Waals surface area contributed by atoms with Crippen molar-refractivity contribution in [2.24, 2.45) is 4.99 Å². The maximum atomic E-state index is 3.79. The van der Waals surface area contributed by atoms with E-state index in [-0.39, 0.29) is 0 Å². The third-order valence-corrected chi connectivity index (χ3v) is 1.09. The Balaban J connectivity index is 3.58. The second-order valence-electron chi connectivity index (χ2n) is 1.18. The molecule has 0 aromatic heterocycles. The van der Waals surface area contributed by atoms with Gasteiger partial charge >= 0.3 is 0 Å².